The van der Waals surface area contributed by atoms with Crippen LogP contribution in [-0.4, -0.2) is 10.9 Å². The van der Waals surface area contributed by atoms with E-state index < -0.39 is 6.03 Å². The number of hydrogen-bond donors (Lipinski definition) is 0. The molecule has 0 aliphatic rings. The standard InChI is InChI=1S/C15H14N5O/c16-18-19-17-15(21)20(11-13-7-3-1-4-8-13)12-14-9-5-2-6-10-14/h1-10H,11-12H2/q-1. The fourth-order valence-corrected chi connectivity index (χ4v) is 1.92. The minimum absolute atomic E-state index is 0.402. The van der Waals surface area contributed by atoms with Gasteiger partial charge in [0.2, 0.25) is 0 Å². The number of carbonyl (C=O) groups is 1. The predicted octanol–water partition coefficient (Wildman–Crippen LogP) is 4.20. The van der Waals surface area contributed by atoms with E-state index in [4.69, 9.17) is 5.53 Å². The Bertz CT molecular complexity index is 571. The van der Waals surface area contributed by atoms with Gasteiger partial charge in [-0.2, -0.15) is 5.11 Å². The van der Waals surface area contributed by atoms with Crippen LogP contribution in [0.5, 0.6) is 0 Å². The van der Waals surface area contributed by atoms with Gasteiger partial charge in [0.05, 0.1) is 0 Å². The molecule has 2 rings (SSSR count). The molecule has 0 atom stereocenters. The smallest absolute Gasteiger partial charge is 0.344 e. The van der Waals surface area contributed by atoms with Gasteiger partial charge in [0.15, 0.2) is 0 Å². The maximum absolute atomic E-state index is 12.0. The number of amides is 2. The van der Waals surface area contributed by atoms with Gasteiger partial charge >= 0.3 is 6.03 Å². The lowest BCUT2D eigenvalue weighted by Crippen LogP contribution is -2.27. The molecule has 6 nitrogen and oxygen atoms in total. The van der Waals surface area contributed by atoms with E-state index in [1.165, 1.54) is 4.90 Å². The van der Waals surface area contributed by atoms with Crippen molar-refractivity contribution in [2.24, 2.45) is 15.6 Å². The first-order valence-electron chi connectivity index (χ1n) is 6.41. The summed E-state index contributed by atoms with van der Waals surface area (Å²) in [6, 6.07) is 18.6. The minimum atomic E-state index is -0.555. The first-order chi connectivity index (χ1) is 10.3. The molecule has 0 saturated carbocycles. The molecule has 106 valence electrons. The van der Waals surface area contributed by atoms with Crippen molar-refractivity contribution in [3.63, 3.8) is 0 Å². The molecule has 2 amide bonds. The first kappa shape index (κ1) is 14.5. The maximum atomic E-state index is 12.0. The summed E-state index contributed by atoms with van der Waals surface area (Å²) >= 11 is 0. The van der Waals surface area contributed by atoms with E-state index in [1.807, 2.05) is 60.7 Å². The van der Waals surface area contributed by atoms with Crippen molar-refractivity contribution in [3.8, 4) is 0 Å². The summed E-state index contributed by atoms with van der Waals surface area (Å²) in [7, 11) is 0. The van der Waals surface area contributed by atoms with Crippen molar-refractivity contribution in [1.29, 1.82) is 0 Å². The van der Waals surface area contributed by atoms with Crippen LogP contribution in [0.15, 0.2) is 76.2 Å². The van der Waals surface area contributed by atoms with Crippen molar-refractivity contribution in [2.75, 3.05) is 0 Å². The number of hydrogen-bond acceptors (Lipinski definition) is 1. The van der Waals surface area contributed by atoms with E-state index in [1.54, 1.807) is 0 Å². The monoisotopic (exact) mass is 280 g/mol. The molecule has 0 aromatic heterocycles. The molecule has 0 saturated heterocycles. The quantitative estimate of drug-likeness (QED) is 0.597. The second-order valence-corrected chi connectivity index (χ2v) is 4.39. The highest BCUT2D eigenvalue weighted by molar-refractivity contribution is 5.74. The molecule has 0 spiro atoms. The molecule has 21 heavy (non-hydrogen) atoms. The molecule has 0 N–H and O–H groups in total. The Balaban J connectivity index is 2.15. The van der Waals surface area contributed by atoms with Crippen LogP contribution in [-0.2, 0) is 13.1 Å². The van der Waals surface area contributed by atoms with Gasteiger partial charge in [-0.15, -0.1) is 0 Å². The number of urea groups is 1. The van der Waals surface area contributed by atoms with Crippen LogP contribution in [0.3, 0.4) is 0 Å². The Kier molecular flexibility index (Phi) is 5.28. The molecular weight excluding hydrogens is 266 g/mol. The van der Waals surface area contributed by atoms with Crippen LogP contribution in [0.2, 0.25) is 0 Å². The van der Waals surface area contributed by atoms with Gasteiger partial charge in [-0.25, -0.2) is 4.79 Å². The highest BCUT2D eigenvalue weighted by Gasteiger charge is 2.12. The fourth-order valence-electron chi connectivity index (χ4n) is 1.92. The van der Waals surface area contributed by atoms with E-state index in [9.17, 15) is 4.79 Å². The summed E-state index contributed by atoms with van der Waals surface area (Å²) in [4.78, 5) is 13.5. The lowest BCUT2D eigenvalue weighted by Gasteiger charge is -2.20. The van der Waals surface area contributed by atoms with Gasteiger partial charge in [-0.1, -0.05) is 60.7 Å². The fraction of sp³-hybridized carbons (Fsp3) is 0.133. The molecule has 0 radical (unpaired) electrons. The van der Waals surface area contributed by atoms with Gasteiger partial charge < -0.3 is 10.4 Å². The third-order valence-corrected chi connectivity index (χ3v) is 2.87. The van der Waals surface area contributed by atoms with E-state index in [-0.39, 0.29) is 0 Å². The average molecular weight is 280 g/mol. The van der Waals surface area contributed by atoms with Gasteiger partial charge in [0.1, 0.15) is 0 Å². The molecule has 0 aliphatic carbocycles. The highest BCUT2D eigenvalue weighted by Crippen LogP contribution is 2.11. The Morgan fingerprint density at radius 3 is 1.81 bits per heavy atom. The topological polar surface area (TPSA) is 79.7 Å². The highest BCUT2D eigenvalue weighted by atomic mass is 16.2. The SMILES string of the molecule is [N-]=NN=NC(=O)N(Cc1ccccc1)Cc1ccccc1. The first-order valence-corrected chi connectivity index (χ1v) is 6.41. The van der Waals surface area contributed by atoms with Crippen LogP contribution in [0.25, 0.3) is 5.53 Å². The summed E-state index contributed by atoms with van der Waals surface area (Å²) in [6.07, 6.45) is 0. The third kappa shape index (κ3) is 4.61. The van der Waals surface area contributed by atoms with Gasteiger partial charge in [0, 0.05) is 13.1 Å². The largest absolute Gasteiger partial charge is 0.360 e. The average Bonchev–Trinajstić information content (AvgIpc) is 2.54. The molecule has 0 unspecified atom stereocenters. The van der Waals surface area contributed by atoms with Crippen LogP contribution < -0.4 is 0 Å². The molecule has 2 aromatic carbocycles. The Hall–Kier alpha value is -2.89. The van der Waals surface area contributed by atoms with Gasteiger partial charge in [0.25, 0.3) is 0 Å². The van der Waals surface area contributed by atoms with E-state index in [2.05, 4.69) is 15.6 Å². The van der Waals surface area contributed by atoms with Crippen molar-refractivity contribution >= 4 is 6.03 Å². The Morgan fingerprint density at radius 2 is 1.38 bits per heavy atom. The van der Waals surface area contributed by atoms with Crippen LogP contribution >= 0.6 is 0 Å². The second kappa shape index (κ2) is 7.64. The molecular formula is C15H14N5O-. The van der Waals surface area contributed by atoms with E-state index >= 15 is 0 Å². The van der Waals surface area contributed by atoms with Gasteiger partial charge in [-0.05, 0) is 11.1 Å². The van der Waals surface area contributed by atoms with Crippen molar-refractivity contribution in [1.82, 2.24) is 4.90 Å². The van der Waals surface area contributed by atoms with Crippen LogP contribution in [0, 0.1) is 0 Å². The van der Waals surface area contributed by atoms with E-state index in [0.717, 1.165) is 11.1 Å². The van der Waals surface area contributed by atoms with Crippen LogP contribution in [0.4, 0.5) is 4.79 Å². The normalized spacial score (nSPS) is 10.5. The Morgan fingerprint density at radius 1 is 0.905 bits per heavy atom. The van der Waals surface area contributed by atoms with Crippen LogP contribution in [0.1, 0.15) is 11.1 Å². The summed E-state index contributed by atoms with van der Waals surface area (Å²) in [5.41, 5.74) is 10.2. The zero-order chi connectivity index (χ0) is 14.9. The molecule has 0 bridgehead atoms. The van der Waals surface area contributed by atoms with Crippen molar-refractivity contribution in [3.05, 3.63) is 77.3 Å². The molecule has 6 heteroatoms. The lowest BCUT2D eigenvalue weighted by molar-refractivity contribution is 0.200. The number of benzene rings is 2. The third-order valence-electron chi connectivity index (χ3n) is 2.87. The molecule has 0 heterocycles. The molecule has 0 fully saturated rings. The Labute approximate surface area is 122 Å². The lowest BCUT2D eigenvalue weighted by atomic mass is 10.2. The summed E-state index contributed by atoms with van der Waals surface area (Å²) in [6.45, 7) is 0.804. The summed E-state index contributed by atoms with van der Waals surface area (Å²) in [5.74, 6) is 0. The zero-order valence-electron chi connectivity index (χ0n) is 11.3. The number of carbonyl (C=O) groups excluding carboxylic acids is 1. The molecule has 0 aliphatic heterocycles. The van der Waals surface area contributed by atoms with Crippen molar-refractivity contribution in [2.45, 2.75) is 13.1 Å². The molecule has 2 aromatic rings. The minimum Gasteiger partial charge on any atom is -0.360 e. The van der Waals surface area contributed by atoms with Gasteiger partial charge in [-0.3, -0.25) is 10.4 Å². The second-order valence-electron chi connectivity index (χ2n) is 4.39. The summed E-state index contributed by atoms with van der Waals surface area (Å²) < 4.78 is 0. The summed E-state index contributed by atoms with van der Waals surface area (Å²) in [5, 5.41) is 8.80. The number of nitrogens with zero attached hydrogens (tertiary/aromatic N) is 5. The maximum Gasteiger partial charge on any atom is 0.344 e. The predicted molar refractivity (Wildman–Crippen MR) is 78.2 cm³/mol. The van der Waals surface area contributed by atoms with E-state index in [0.29, 0.717) is 13.1 Å². The van der Waals surface area contributed by atoms with Crippen molar-refractivity contribution < 1.29 is 4.79 Å². The number of rotatable bonds is 5. The zero-order valence-corrected chi connectivity index (χ0v) is 11.3.